The van der Waals surface area contributed by atoms with E-state index in [-0.39, 0.29) is 46.8 Å². The molecule has 6 heavy (non-hydrogen) atoms. The Bertz CT molecular complexity index is 7.51. The third-order valence-electron chi connectivity index (χ3n) is 0. The SMILES string of the molecule is [CH2-]C.[CH3-].[CH3-].[Hf+4].[NH2-]. The Labute approximate surface area is 60.9 Å². The smallest absolute Gasteiger partial charge is 0.693 e. The second kappa shape index (κ2) is 197. The summed E-state index contributed by atoms with van der Waals surface area (Å²) in [4.78, 5) is 0. The van der Waals surface area contributed by atoms with Gasteiger partial charge in [0.2, 0.25) is 0 Å². The van der Waals surface area contributed by atoms with Gasteiger partial charge in [0, 0.05) is 0 Å². The first-order valence-electron chi connectivity index (χ1n) is 0.707. The van der Waals surface area contributed by atoms with E-state index in [1.54, 1.807) is 6.92 Å². The normalized spacial score (nSPS) is 1.00. The van der Waals surface area contributed by atoms with E-state index < -0.39 is 0 Å². The maximum atomic E-state index is 3.25. The first-order chi connectivity index (χ1) is 1.00. The molecule has 0 aliphatic heterocycles. The predicted octanol–water partition coefficient (Wildman–Crippen LogP) is 2.46. The minimum absolute atomic E-state index is 0. The van der Waals surface area contributed by atoms with E-state index in [0.717, 1.165) is 0 Å². The van der Waals surface area contributed by atoms with Crippen molar-refractivity contribution in [1.29, 1.82) is 0 Å². The number of nitrogens with two attached hydrogens (primary N) is 1. The van der Waals surface area contributed by atoms with Gasteiger partial charge in [0.1, 0.15) is 0 Å². The average Bonchev–Trinajstić information content (AvgIpc) is 1.00. The van der Waals surface area contributed by atoms with Crippen molar-refractivity contribution in [2.45, 2.75) is 6.92 Å². The van der Waals surface area contributed by atoms with Gasteiger partial charge in [-0.25, -0.2) is 0 Å². The fourth-order valence-electron chi connectivity index (χ4n) is 0. The van der Waals surface area contributed by atoms with E-state index in [1.807, 2.05) is 0 Å². The van der Waals surface area contributed by atoms with Gasteiger partial charge in [-0.1, -0.05) is 0 Å². The van der Waals surface area contributed by atoms with Gasteiger partial charge in [0.25, 0.3) is 0 Å². The molecule has 0 aromatic heterocycles. The zero-order valence-electron chi connectivity index (χ0n) is 4.78. The van der Waals surface area contributed by atoms with Gasteiger partial charge >= 0.3 is 25.8 Å². The van der Waals surface area contributed by atoms with Gasteiger partial charge in [-0.3, -0.25) is 0 Å². The molecular weight excluding hydrogens is 241 g/mol. The molecule has 0 saturated heterocycles. The van der Waals surface area contributed by atoms with Crippen molar-refractivity contribution < 1.29 is 25.8 Å². The third kappa shape index (κ3) is 103. The van der Waals surface area contributed by atoms with Crippen LogP contribution in [0.3, 0.4) is 0 Å². The molecular formula is C4H13HfN. The minimum atomic E-state index is 0. The van der Waals surface area contributed by atoms with E-state index in [2.05, 4.69) is 6.92 Å². The van der Waals surface area contributed by atoms with E-state index in [4.69, 9.17) is 0 Å². The Kier molecular flexibility index (Phi) is 2280. The molecule has 0 bridgehead atoms. The van der Waals surface area contributed by atoms with Crippen molar-refractivity contribution in [1.82, 2.24) is 0 Å². The van der Waals surface area contributed by atoms with Gasteiger partial charge in [0.05, 0.1) is 0 Å². The Morgan fingerprint density at radius 3 is 1.00 bits per heavy atom. The summed E-state index contributed by atoms with van der Waals surface area (Å²) in [5.41, 5.74) is 0. The van der Waals surface area contributed by atoms with Crippen molar-refractivity contribution in [3.63, 3.8) is 0 Å². The number of hydrogen-bond acceptors (Lipinski definition) is 0. The minimum Gasteiger partial charge on any atom is -0.693 e. The van der Waals surface area contributed by atoms with E-state index in [0.29, 0.717) is 0 Å². The Morgan fingerprint density at radius 1 is 1.00 bits per heavy atom. The molecule has 0 aliphatic rings. The van der Waals surface area contributed by atoms with Crippen molar-refractivity contribution in [3.05, 3.63) is 27.9 Å². The molecule has 0 aliphatic carbocycles. The summed E-state index contributed by atoms with van der Waals surface area (Å²) in [5.74, 6) is 0. The molecule has 0 saturated carbocycles. The quantitative estimate of drug-likeness (QED) is 0.469. The van der Waals surface area contributed by atoms with Crippen LogP contribution in [-0.2, 0) is 25.8 Å². The van der Waals surface area contributed by atoms with Crippen LogP contribution in [-0.4, -0.2) is 0 Å². The third-order valence-corrected chi connectivity index (χ3v) is 0. The van der Waals surface area contributed by atoms with Crippen LogP contribution >= 0.6 is 0 Å². The molecule has 0 radical (unpaired) electrons. The van der Waals surface area contributed by atoms with Gasteiger partial charge in [0.15, 0.2) is 0 Å². The molecule has 0 aromatic carbocycles. The average molecular weight is 254 g/mol. The molecule has 0 rings (SSSR count). The van der Waals surface area contributed by atoms with Crippen molar-refractivity contribution in [2.75, 3.05) is 0 Å². The Morgan fingerprint density at radius 2 is 1.00 bits per heavy atom. The van der Waals surface area contributed by atoms with E-state index in [1.165, 1.54) is 0 Å². The summed E-state index contributed by atoms with van der Waals surface area (Å²) < 4.78 is 0. The summed E-state index contributed by atoms with van der Waals surface area (Å²) in [5, 5.41) is 0. The fourth-order valence-corrected chi connectivity index (χ4v) is 0. The van der Waals surface area contributed by atoms with Gasteiger partial charge in [-0.15, -0.1) is 0 Å². The summed E-state index contributed by atoms with van der Waals surface area (Å²) >= 11 is 0. The zero-order chi connectivity index (χ0) is 2.00. The summed E-state index contributed by atoms with van der Waals surface area (Å²) in [6.45, 7) is 5.00. The van der Waals surface area contributed by atoms with Crippen LogP contribution in [0.4, 0.5) is 0 Å². The molecule has 2 N–H and O–H groups in total. The first-order valence-corrected chi connectivity index (χ1v) is 0.707. The fraction of sp³-hybridized carbons (Fsp3) is 0.250. The van der Waals surface area contributed by atoms with Crippen LogP contribution in [0, 0.1) is 21.8 Å². The van der Waals surface area contributed by atoms with Crippen LogP contribution in [0.5, 0.6) is 0 Å². The Balaban J connectivity index is -0.000000000833. The van der Waals surface area contributed by atoms with Crippen molar-refractivity contribution >= 4 is 0 Å². The summed E-state index contributed by atoms with van der Waals surface area (Å²) in [6.07, 6.45) is 0. The molecule has 38 valence electrons. The predicted molar refractivity (Wildman–Crippen MR) is 29.1 cm³/mol. The molecule has 0 heterocycles. The maximum absolute atomic E-state index is 3.25. The monoisotopic (exact) mass is 255 g/mol. The summed E-state index contributed by atoms with van der Waals surface area (Å²) in [7, 11) is 0. The summed E-state index contributed by atoms with van der Waals surface area (Å²) in [6, 6.07) is 0. The molecule has 2 heteroatoms. The molecule has 0 aromatic rings. The van der Waals surface area contributed by atoms with Crippen molar-refractivity contribution in [2.24, 2.45) is 0 Å². The van der Waals surface area contributed by atoms with E-state index >= 15 is 0 Å². The van der Waals surface area contributed by atoms with Crippen LogP contribution in [0.1, 0.15) is 6.92 Å². The van der Waals surface area contributed by atoms with E-state index in [9.17, 15) is 0 Å². The maximum Gasteiger partial charge on any atom is 4.00 e. The van der Waals surface area contributed by atoms with Gasteiger partial charge < -0.3 is 27.9 Å². The standard InChI is InChI=1S/C2H5.2CH3.Hf.H2N/c1-2;;;;/h1H2,2H3;2*1H3;;1H2/q3*-1;+4;-1. The molecule has 0 unspecified atom stereocenters. The zero-order valence-corrected chi connectivity index (χ0v) is 8.38. The molecule has 1 nitrogen and oxygen atoms in total. The second-order valence-electron chi connectivity index (χ2n) is 0. The van der Waals surface area contributed by atoms with Crippen LogP contribution in [0.2, 0.25) is 0 Å². The largest absolute Gasteiger partial charge is 4.00 e. The van der Waals surface area contributed by atoms with Gasteiger partial charge in [-0.2, -0.15) is 6.92 Å². The van der Waals surface area contributed by atoms with Crippen LogP contribution in [0.25, 0.3) is 6.15 Å². The number of rotatable bonds is 0. The topological polar surface area (TPSA) is 33.5 Å². The second-order valence-corrected chi connectivity index (χ2v) is 0. The number of hydrogen-bond donors (Lipinski definition) is 0. The molecule has 0 fully saturated rings. The Hall–Kier alpha value is 0.830. The van der Waals surface area contributed by atoms with Crippen LogP contribution in [0.15, 0.2) is 0 Å². The first kappa shape index (κ1) is 69.3. The van der Waals surface area contributed by atoms with Crippen molar-refractivity contribution in [3.8, 4) is 0 Å². The molecule has 0 atom stereocenters. The molecule has 0 amide bonds. The van der Waals surface area contributed by atoms with Gasteiger partial charge in [-0.05, 0) is 0 Å². The van der Waals surface area contributed by atoms with Crippen LogP contribution < -0.4 is 0 Å². The molecule has 0 spiro atoms.